The zero-order valence-corrected chi connectivity index (χ0v) is 30.4. The predicted molar refractivity (Wildman–Crippen MR) is 203 cm³/mol. The first-order chi connectivity index (χ1) is 25.0. The molecule has 52 heavy (non-hydrogen) atoms. The number of aromatic carboxylic acids is 1. The first kappa shape index (κ1) is 38.3. The molecule has 4 aromatic rings. The number of urea groups is 1. The van der Waals surface area contributed by atoms with Gasteiger partial charge in [-0.05, 0) is 87.5 Å². The van der Waals surface area contributed by atoms with Crippen molar-refractivity contribution in [2.45, 2.75) is 64.8 Å². The summed E-state index contributed by atoms with van der Waals surface area (Å²) in [6.45, 7) is 7.61. The smallest absolute Gasteiger partial charge is 0.335 e. The van der Waals surface area contributed by atoms with E-state index < -0.39 is 18.0 Å². The average Bonchev–Trinajstić information content (AvgIpc) is 3.13. The number of carbonyl (C=O) groups is 3. The molecule has 4 N–H and O–H groups in total. The lowest BCUT2D eigenvalue weighted by Gasteiger charge is -2.36. The molecule has 0 unspecified atom stereocenters. The van der Waals surface area contributed by atoms with Crippen LogP contribution in [0.4, 0.5) is 16.2 Å². The minimum atomic E-state index is -0.962. The van der Waals surface area contributed by atoms with Crippen LogP contribution in [0.3, 0.4) is 0 Å². The lowest BCUT2D eigenvalue weighted by molar-refractivity contribution is -0.0177. The van der Waals surface area contributed by atoms with Crippen LogP contribution in [-0.4, -0.2) is 89.5 Å². The average molecular weight is 711 g/mol. The first-order valence-corrected chi connectivity index (χ1v) is 17.9. The van der Waals surface area contributed by atoms with Crippen LogP contribution in [-0.2, 0) is 11.3 Å². The molecule has 0 fully saturated rings. The molecule has 276 valence electrons. The number of rotatable bonds is 9. The van der Waals surface area contributed by atoms with Crippen LogP contribution in [0.1, 0.15) is 66.3 Å². The van der Waals surface area contributed by atoms with Gasteiger partial charge in [0, 0.05) is 43.2 Å². The molecule has 5 rings (SSSR count). The molecule has 1 heterocycles. The van der Waals surface area contributed by atoms with Crippen molar-refractivity contribution in [3.8, 4) is 5.75 Å². The monoisotopic (exact) mass is 710 g/mol. The quantitative estimate of drug-likeness (QED) is 0.144. The van der Waals surface area contributed by atoms with E-state index in [1.54, 1.807) is 42.2 Å². The number of hydrogen-bond acceptors (Lipinski definition) is 7. The van der Waals surface area contributed by atoms with Crippen LogP contribution in [0.5, 0.6) is 5.75 Å². The van der Waals surface area contributed by atoms with E-state index in [0.29, 0.717) is 48.9 Å². The number of fused-ring (bicyclic) bond motifs is 2. The SMILES string of the molecule is C[C@@H]1CCCCO[C@H](CN(C)Cc2ccc(C(=O)O)cc2)[C@H](C)CN([C@@H](C)CO)C(=O)c2cc(NC(=O)Nc3cccc4ccccc34)ccc2O1. The molecule has 0 aliphatic carbocycles. The molecular weight excluding hydrogens is 660 g/mol. The van der Waals surface area contributed by atoms with Crippen molar-refractivity contribution in [1.82, 2.24) is 9.80 Å². The number of hydrogen-bond donors (Lipinski definition) is 4. The van der Waals surface area contributed by atoms with E-state index in [0.717, 1.165) is 35.6 Å². The number of carboxylic acid groups (broad SMARTS) is 1. The normalized spacial score (nSPS) is 19.3. The van der Waals surface area contributed by atoms with E-state index in [2.05, 4.69) is 15.5 Å². The number of amides is 3. The highest BCUT2D eigenvalue weighted by Gasteiger charge is 2.30. The second-order valence-corrected chi connectivity index (χ2v) is 13.8. The van der Waals surface area contributed by atoms with E-state index in [1.165, 1.54) is 0 Å². The van der Waals surface area contributed by atoms with Gasteiger partial charge in [0.2, 0.25) is 0 Å². The molecular formula is C41H50N4O7. The van der Waals surface area contributed by atoms with E-state index in [4.69, 9.17) is 9.47 Å². The Labute approximate surface area is 305 Å². The number of benzene rings is 4. The van der Waals surface area contributed by atoms with E-state index in [9.17, 15) is 24.6 Å². The molecule has 0 saturated carbocycles. The molecule has 11 nitrogen and oxygen atoms in total. The molecule has 4 atom stereocenters. The van der Waals surface area contributed by atoms with Crippen LogP contribution in [0.25, 0.3) is 10.8 Å². The summed E-state index contributed by atoms with van der Waals surface area (Å²) < 4.78 is 12.8. The summed E-state index contributed by atoms with van der Waals surface area (Å²) in [6, 6.07) is 24.5. The number of nitrogens with zero attached hydrogens (tertiary/aromatic N) is 2. The van der Waals surface area contributed by atoms with Gasteiger partial charge < -0.3 is 35.2 Å². The molecule has 4 aromatic carbocycles. The third-order valence-electron chi connectivity index (χ3n) is 9.49. The molecule has 11 heteroatoms. The fourth-order valence-electron chi connectivity index (χ4n) is 6.52. The zero-order chi connectivity index (χ0) is 37.2. The molecule has 0 bridgehead atoms. The van der Waals surface area contributed by atoms with Gasteiger partial charge in [-0.25, -0.2) is 9.59 Å². The molecule has 0 aromatic heterocycles. The van der Waals surface area contributed by atoms with Crippen molar-refractivity contribution in [3.05, 3.63) is 102 Å². The van der Waals surface area contributed by atoms with Gasteiger partial charge in [0.1, 0.15) is 5.75 Å². The minimum absolute atomic E-state index is 0.117. The summed E-state index contributed by atoms with van der Waals surface area (Å²) in [7, 11) is 1.99. The Bertz CT molecular complexity index is 1830. The van der Waals surface area contributed by atoms with Gasteiger partial charge in [-0.2, -0.15) is 0 Å². The maximum absolute atomic E-state index is 14.5. The number of likely N-dealkylation sites (N-methyl/N-ethyl adjacent to an activating group) is 1. The fourth-order valence-corrected chi connectivity index (χ4v) is 6.52. The summed E-state index contributed by atoms with van der Waals surface area (Å²) >= 11 is 0. The standard InChI is InChI=1S/C41H50N4O7/c1-27-23-45(28(2)26-46)39(47)35-22-33(42-41(50)43-36-14-9-12-31-11-5-6-13-34(31)36)19-20-37(35)52-29(3)10-7-8-21-51-38(27)25-44(4)24-30-15-17-32(18-16-30)40(48)49/h5-6,9,11-20,22,27-29,38,46H,7-8,10,21,23-26H2,1-4H3,(H,48,49)(H2,42,43,50)/t27-,28+,29-,38-/m1/s1. The van der Waals surface area contributed by atoms with Gasteiger partial charge in [-0.1, -0.05) is 55.5 Å². The molecule has 0 radical (unpaired) electrons. The van der Waals surface area contributed by atoms with Gasteiger partial charge in [0.05, 0.1) is 41.7 Å². The number of aliphatic hydroxyl groups excluding tert-OH is 1. The van der Waals surface area contributed by atoms with Crippen LogP contribution >= 0.6 is 0 Å². The maximum atomic E-state index is 14.5. The minimum Gasteiger partial charge on any atom is -0.490 e. The summed E-state index contributed by atoms with van der Waals surface area (Å²) in [6.07, 6.45) is 2.06. The van der Waals surface area contributed by atoms with Gasteiger partial charge in [-0.15, -0.1) is 0 Å². The number of ether oxygens (including phenoxy) is 2. The van der Waals surface area contributed by atoms with Crippen molar-refractivity contribution < 1.29 is 34.1 Å². The molecule has 0 spiro atoms. The fraction of sp³-hybridized carbons (Fsp3) is 0.390. The highest BCUT2D eigenvalue weighted by molar-refractivity contribution is 6.07. The number of carbonyl (C=O) groups excluding carboxylic acids is 2. The van der Waals surface area contributed by atoms with Crippen molar-refractivity contribution >= 4 is 40.1 Å². The first-order valence-electron chi connectivity index (χ1n) is 17.9. The Kier molecular flexibility index (Phi) is 13.2. The second-order valence-electron chi connectivity index (χ2n) is 13.8. The maximum Gasteiger partial charge on any atom is 0.335 e. The molecule has 1 aliphatic rings. The number of carboxylic acids is 1. The van der Waals surface area contributed by atoms with Crippen molar-refractivity contribution in [1.29, 1.82) is 0 Å². The van der Waals surface area contributed by atoms with Gasteiger partial charge in [0.25, 0.3) is 5.91 Å². The van der Waals surface area contributed by atoms with Crippen molar-refractivity contribution in [2.24, 2.45) is 5.92 Å². The Morgan fingerprint density at radius 1 is 0.981 bits per heavy atom. The number of anilines is 2. The lowest BCUT2D eigenvalue weighted by Crippen LogP contribution is -2.47. The number of nitrogens with one attached hydrogen (secondary N) is 2. The molecule has 0 saturated heterocycles. The van der Waals surface area contributed by atoms with Crippen LogP contribution in [0.15, 0.2) is 84.9 Å². The number of aliphatic hydroxyl groups is 1. The summed E-state index contributed by atoms with van der Waals surface area (Å²) in [4.78, 5) is 42.8. The highest BCUT2D eigenvalue weighted by Crippen LogP contribution is 2.29. The highest BCUT2D eigenvalue weighted by atomic mass is 16.5. The Hall–Kier alpha value is -4.97. The molecule has 1 aliphatic heterocycles. The Morgan fingerprint density at radius 2 is 1.73 bits per heavy atom. The Morgan fingerprint density at radius 3 is 2.48 bits per heavy atom. The second kappa shape index (κ2) is 18.0. The summed E-state index contributed by atoms with van der Waals surface area (Å²) in [5.41, 5.74) is 2.60. The third kappa shape index (κ3) is 10.1. The molecule has 3 amide bonds. The van der Waals surface area contributed by atoms with E-state index in [1.807, 2.05) is 75.5 Å². The van der Waals surface area contributed by atoms with Gasteiger partial charge >= 0.3 is 12.0 Å². The predicted octanol–water partition coefficient (Wildman–Crippen LogP) is 7.11. The lowest BCUT2D eigenvalue weighted by atomic mass is 10.0. The zero-order valence-electron chi connectivity index (χ0n) is 30.4. The van der Waals surface area contributed by atoms with E-state index >= 15 is 0 Å². The van der Waals surface area contributed by atoms with Gasteiger partial charge in [-0.3, -0.25) is 9.69 Å². The summed E-state index contributed by atoms with van der Waals surface area (Å²) in [5, 5.41) is 27.3. The van der Waals surface area contributed by atoms with Crippen LogP contribution < -0.4 is 15.4 Å². The largest absolute Gasteiger partial charge is 0.490 e. The van der Waals surface area contributed by atoms with Crippen molar-refractivity contribution in [3.63, 3.8) is 0 Å². The van der Waals surface area contributed by atoms with Crippen LogP contribution in [0.2, 0.25) is 0 Å². The third-order valence-corrected chi connectivity index (χ3v) is 9.49. The topological polar surface area (TPSA) is 141 Å². The van der Waals surface area contributed by atoms with Crippen molar-refractivity contribution in [2.75, 3.05) is 44.0 Å². The van der Waals surface area contributed by atoms with Crippen LogP contribution in [0, 0.1) is 5.92 Å². The van der Waals surface area contributed by atoms with Gasteiger partial charge in [0.15, 0.2) is 0 Å². The summed E-state index contributed by atoms with van der Waals surface area (Å²) in [5.74, 6) is -0.986. The Balaban J connectivity index is 1.37. The van der Waals surface area contributed by atoms with E-state index in [-0.39, 0.29) is 36.2 Å².